The summed E-state index contributed by atoms with van der Waals surface area (Å²) in [6, 6.07) is 6.48. The number of nitrogens with zero attached hydrogens (tertiary/aromatic N) is 1. The molecule has 1 aliphatic heterocycles. The number of benzene rings is 1. The molecule has 1 atom stereocenters. The van der Waals surface area contributed by atoms with Crippen molar-refractivity contribution in [2.75, 3.05) is 37.8 Å². The standard InChI is InChI=1S/C16H25BrN2O2/c1-12(2)8-18-9-13-3-4-16(15(17)7-13)19-5-6-21-11-14(19)10-20/h3-4,7,12,14,18,20H,5-6,8-11H2,1-2H3. The summed E-state index contributed by atoms with van der Waals surface area (Å²) in [5.74, 6) is 0.659. The van der Waals surface area contributed by atoms with Gasteiger partial charge in [0.05, 0.1) is 31.5 Å². The molecule has 0 amide bonds. The molecular formula is C16H25BrN2O2. The molecule has 1 aromatic carbocycles. The van der Waals surface area contributed by atoms with Gasteiger partial charge in [-0.15, -0.1) is 0 Å². The minimum Gasteiger partial charge on any atom is -0.394 e. The summed E-state index contributed by atoms with van der Waals surface area (Å²) >= 11 is 3.67. The van der Waals surface area contributed by atoms with E-state index < -0.39 is 0 Å². The highest BCUT2D eigenvalue weighted by Crippen LogP contribution is 2.30. The summed E-state index contributed by atoms with van der Waals surface area (Å²) < 4.78 is 6.51. The Bertz CT molecular complexity index is 454. The molecule has 1 fully saturated rings. The van der Waals surface area contributed by atoms with Crippen molar-refractivity contribution in [2.45, 2.75) is 26.4 Å². The number of morpholine rings is 1. The number of hydrogen-bond donors (Lipinski definition) is 2. The van der Waals surface area contributed by atoms with Crippen LogP contribution in [0.2, 0.25) is 0 Å². The molecule has 4 nitrogen and oxygen atoms in total. The van der Waals surface area contributed by atoms with E-state index in [1.807, 2.05) is 0 Å². The van der Waals surface area contributed by atoms with E-state index in [1.54, 1.807) is 0 Å². The van der Waals surface area contributed by atoms with E-state index in [-0.39, 0.29) is 12.6 Å². The van der Waals surface area contributed by atoms with Crippen LogP contribution in [-0.4, -0.2) is 44.1 Å². The first-order valence-corrected chi connectivity index (χ1v) is 8.35. The SMILES string of the molecule is CC(C)CNCc1ccc(N2CCOCC2CO)c(Br)c1. The van der Waals surface area contributed by atoms with E-state index >= 15 is 0 Å². The van der Waals surface area contributed by atoms with Crippen molar-refractivity contribution >= 4 is 21.6 Å². The smallest absolute Gasteiger partial charge is 0.0755 e. The van der Waals surface area contributed by atoms with Crippen molar-refractivity contribution in [3.05, 3.63) is 28.2 Å². The van der Waals surface area contributed by atoms with E-state index in [2.05, 4.69) is 58.2 Å². The Morgan fingerprint density at radius 2 is 2.29 bits per heavy atom. The lowest BCUT2D eigenvalue weighted by atomic mass is 10.1. The molecule has 1 saturated heterocycles. The van der Waals surface area contributed by atoms with Gasteiger partial charge >= 0.3 is 0 Å². The molecule has 0 radical (unpaired) electrons. The summed E-state index contributed by atoms with van der Waals surface area (Å²) in [6.45, 7) is 8.54. The molecule has 1 aliphatic rings. The molecule has 0 aromatic heterocycles. The van der Waals surface area contributed by atoms with Crippen LogP contribution < -0.4 is 10.2 Å². The zero-order chi connectivity index (χ0) is 15.2. The van der Waals surface area contributed by atoms with Crippen LogP contribution in [0, 0.1) is 5.92 Å². The average Bonchev–Trinajstić information content (AvgIpc) is 2.47. The zero-order valence-corrected chi connectivity index (χ0v) is 14.4. The maximum atomic E-state index is 9.49. The summed E-state index contributed by atoms with van der Waals surface area (Å²) in [4.78, 5) is 2.22. The monoisotopic (exact) mass is 356 g/mol. The van der Waals surface area contributed by atoms with Crippen molar-refractivity contribution in [3.63, 3.8) is 0 Å². The second kappa shape index (κ2) is 8.13. The van der Waals surface area contributed by atoms with Crippen LogP contribution in [0.1, 0.15) is 19.4 Å². The van der Waals surface area contributed by atoms with Crippen molar-refractivity contribution in [2.24, 2.45) is 5.92 Å². The van der Waals surface area contributed by atoms with Gasteiger partial charge in [0.15, 0.2) is 0 Å². The van der Waals surface area contributed by atoms with Crippen LogP contribution in [-0.2, 0) is 11.3 Å². The highest BCUT2D eigenvalue weighted by molar-refractivity contribution is 9.10. The summed E-state index contributed by atoms with van der Waals surface area (Å²) in [5.41, 5.74) is 2.39. The van der Waals surface area contributed by atoms with Gasteiger partial charge in [-0.05, 0) is 46.1 Å². The van der Waals surface area contributed by atoms with Gasteiger partial charge in [0.1, 0.15) is 0 Å². The normalized spacial score (nSPS) is 19.3. The molecule has 2 rings (SSSR count). The van der Waals surface area contributed by atoms with Crippen LogP contribution in [0.25, 0.3) is 0 Å². The Labute approximate surface area is 135 Å². The number of halogens is 1. The third kappa shape index (κ3) is 4.68. The fraction of sp³-hybridized carbons (Fsp3) is 0.625. The largest absolute Gasteiger partial charge is 0.394 e. The Kier molecular flexibility index (Phi) is 6.48. The lowest BCUT2D eigenvalue weighted by Crippen LogP contribution is -2.47. The Morgan fingerprint density at radius 1 is 1.48 bits per heavy atom. The number of aliphatic hydroxyl groups excluding tert-OH is 1. The molecule has 1 unspecified atom stereocenters. The number of rotatable bonds is 6. The zero-order valence-electron chi connectivity index (χ0n) is 12.8. The van der Waals surface area contributed by atoms with Crippen molar-refractivity contribution in [1.29, 1.82) is 0 Å². The second-order valence-electron chi connectivity index (χ2n) is 5.92. The third-order valence-corrected chi connectivity index (χ3v) is 4.28. The lowest BCUT2D eigenvalue weighted by Gasteiger charge is -2.37. The van der Waals surface area contributed by atoms with Gasteiger partial charge in [0, 0.05) is 17.6 Å². The van der Waals surface area contributed by atoms with E-state index in [0.717, 1.165) is 29.8 Å². The Morgan fingerprint density at radius 3 is 2.95 bits per heavy atom. The van der Waals surface area contributed by atoms with Gasteiger partial charge in [0.25, 0.3) is 0 Å². The van der Waals surface area contributed by atoms with Crippen LogP contribution >= 0.6 is 15.9 Å². The first-order valence-electron chi connectivity index (χ1n) is 7.56. The fourth-order valence-corrected chi connectivity index (χ4v) is 3.18. The molecular weight excluding hydrogens is 332 g/mol. The van der Waals surface area contributed by atoms with Crippen LogP contribution in [0.4, 0.5) is 5.69 Å². The Hall–Kier alpha value is -0.620. The van der Waals surface area contributed by atoms with Crippen molar-refractivity contribution in [3.8, 4) is 0 Å². The molecule has 0 spiro atoms. The molecule has 0 saturated carbocycles. The number of aliphatic hydroxyl groups is 1. The van der Waals surface area contributed by atoms with Crippen molar-refractivity contribution < 1.29 is 9.84 Å². The quantitative estimate of drug-likeness (QED) is 0.821. The average molecular weight is 357 g/mol. The van der Waals surface area contributed by atoms with Crippen LogP contribution in [0.15, 0.2) is 22.7 Å². The van der Waals surface area contributed by atoms with E-state index in [1.165, 1.54) is 5.56 Å². The minimum absolute atomic E-state index is 0.0416. The maximum absolute atomic E-state index is 9.49. The predicted molar refractivity (Wildman–Crippen MR) is 89.7 cm³/mol. The van der Waals surface area contributed by atoms with E-state index in [9.17, 15) is 5.11 Å². The highest BCUT2D eigenvalue weighted by Gasteiger charge is 2.24. The number of nitrogens with one attached hydrogen (secondary N) is 1. The molecule has 5 heteroatoms. The van der Waals surface area contributed by atoms with E-state index in [4.69, 9.17) is 4.74 Å². The van der Waals surface area contributed by atoms with Crippen molar-refractivity contribution in [1.82, 2.24) is 5.32 Å². The first kappa shape index (κ1) is 16.7. The fourth-order valence-electron chi connectivity index (χ4n) is 2.52. The maximum Gasteiger partial charge on any atom is 0.0755 e. The lowest BCUT2D eigenvalue weighted by molar-refractivity contribution is 0.0726. The topological polar surface area (TPSA) is 44.7 Å². The predicted octanol–water partition coefficient (Wildman–Crippen LogP) is 2.39. The third-order valence-electron chi connectivity index (χ3n) is 3.64. The second-order valence-corrected chi connectivity index (χ2v) is 6.77. The minimum atomic E-state index is 0.0416. The molecule has 0 bridgehead atoms. The molecule has 0 aliphatic carbocycles. The van der Waals surface area contributed by atoms with E-state index in [0.29, 0.717) is 19.1 Å². The van der Waals surface area contributed by atoms with Gasteiger partial charge in [-0.25, -0.2) is 0 Å². The summed E-state index contributed by atoms with van der Waals surface area (Å²) in [7, 11) is 0. The Balaban J connectivity index is 2.04. The van der Waals surface area contributed by atoms with Gasteiger partial charge < -0.3 is 20.1 Å². The summed E-state index contributed by atoms with van der Waals surface area (Å²) in [5, 5.41) is 12.9. The van der Waals surface area contributed by atoms with Crippen LogP contribution in [0.5, 0.6) is 0 Å². The molecule has 2 N–H and O–H groups in total. The molecule has 21 heavy (non-hydrogen) atoms. The number of ether oxygens (including phenoxy) is 1. The van der Waals surface area contributed by atoms with Gasteiger partial charge in [-0.3, -0.25) is 0 Å². The van der Waals surface area contributed by atoms with Gasteiger partial charge in [-0.1, -0.05) is 19.9 Å². The summed E-state index contributed by atoms with van der Waals surface area (Å²) in [6.07, 6.45) is 0. The van der Waals surface area contributed by atoms with Crippen LogP contribution in [0.3, 0.4) is 0 Å². The first-order chi connectivity index (χ1) is 10.1. The van der Waals surface area contributed by atoms with Gasteiger partial charge in [-0.2, -0.15) is 0 Å². The molecule has 118 valence electrons. The molecule has 1 aromatic rings. The molecule has 1 heterocycles. The number of anilines is 1. The van der Waals surface area contributed by atoms with Gasteiger partial charge in [0.2, 0.25) is 0 Å². The highest BCUT2D eigenvalue weighted by atomic mass is 79.9. The number of hydrogen-bond acceptors (Lipinski definition) is 4.